The molecule has 1 N–H and O–H groups in total. The van der Waals surface area contributed by atoms with Crippen LogP contribution in [0.15, 0.2) is 0 Å². The van der Waals surface area contributed by atoms with E-state index in [0.717, 1.165) is 5.92 Å². The molecule has 0 saturated carbocycles. The fraction of sp³-hybridized carbons (Fsp3) is 0.250. The van der Waals surface area contributed by atoms with E-state index >= 15 is 35.1 Å². The third-order valence-corrected chi connectivity index (χ3v) is 8.40. The van der Waals surface area contributed by atoms with Gasteiger partial charge in [0.05, 0.1) is 19.6 Å². The quantitative estimate of drug-likeness (QED) is 0.0910. The molecular formula is C32H20BF20N. The van der Waals surface area contributed by atoms with Crippen molar-refractivity contribution in [1.29, 1.82) is 0 Å². The van der Waals surface area contributed by atoms with Crippen LogP contribution >= 0.6 is 0 Å². The molecule has 22 heteroatoms. The third kappa shape index (κ3) is 6.74. The van der Waals surface area contributed by atoms with E-state index in [1.54, 1.807) is 4.90 Å². The summed E-state index contributed by atoms with van der Waals surface area (Å²) in [4.78, 5) is 1.71. The number of quaternary nitrogens is 1. The topological polar surface area (TPSA) is 4.44 Å². The first-order valence-electron chi connectivity index (χ1n) is 15.0. The summed E-state index contributed by atoms with van der Waals surface area (Å²) >= 11 is 0. The van der Waals surface area contributed by atoms with E-state index in [1.165, 1.54) is 19.6 Å². The van der Waals surface area contributed by atoms with Gasteiger partial charge in [0, 0.05) is 5.92 Å². The highest BCUT2D eigenvalue weighted by Crippen LogP contribution is 2.30. The maximum atomic E-state index is 15.4. The average Bonchev–Trinajstić information content (AvgIpc) is 3.13. The second-order valence-electron chi connectivity index (χ2n) is 11.9. The molecule has 0 spiro atoms. The second kappa shape index (κ2) is 16.1. The molecular weight excluding hydrogens is 789 g/mol. The standard InChI is InChI=1S/C24BF20.C8H19N/c26-5-1(6(27)14(35)21(42)13(5)34)25(2-7(28)15(36)22(43)16(37)8(2)29,3-9(30)17(38)23(44)18(39)10(3)31)4-11(32)19(40)24(45)20(41)12(4)33;1-5-9(6-2)7-8(3)4/h;8H,5-7H2,1-4H3/q-1;/p+1. The summed E-state index contributed by atoms with van der Waals surface area (Å²) < 4.78 is 294. The van der Waals surface area contributed by atoms with Crippen LogP contribution in [0, 0.1) is 122 Å². The number of hydrogen-bond acceptors (Lipinski definition) is 0. The monoisotopic (exact) mass is 809 g/mol. The Morgan fingerprint density at radius 1 is 0.315 bits per heavy atom. The van der Waals surface area contributed by atoms with Crippen molar-refractivity contribution < 1.29 is 92.7 Å². The van der Waals surface area contributed by atoms with E-state index in [0.29, 0.717) is 0 Å². The molecule has 4 aromatic carbocycles. The highest BCUT2D eigenvalue weighted by molar-refractivity contribution is 7.20. The van der Waals surface area contributed by atoms with Crippen LogP contribution in [0.3, 0.4) is 0 Å². The first-order chi connectivity index (χ1) is 24.9. The van der Waals surface area contributed by atoms with Crippen molar-refractivity contribution in [2.75, 3.05) is 19.6 Å². The Hall–Kier alpha value is -4.50. The van der Waals surface area contributed by atoms with Crippen molar-refractivity contribution in [3.8, 4) is 0 Å². The van der Waals surface area contributed by atoms with Gasteiger partial charge in [0.2, 0.25) is 0 Å². The molecule has 0 aliphatic heterocycles. The number of halogens is 20. The minimum atomic E-state index is -7.22. The van der Waals surface area contributed by atoms with Gasteiger partial charge >= 0.3 is 0 Å². The van der Waals surface area contributed by atoms with Crippen LogP contribution in [0.4, 0.5) is 87.8 Å². The Labute approximate surface area is 290 Å². The fourth-order valence-electron chi connectivity index (χ4n) is 5.99. The van der Waals surface area contributed by atoms with Crippen molar-refractivity contribution in [1.82, 2.24) is 0 Å². The summed E-state index contributed by atoms with van der Waals surface area (Å²) in [5, 5.41) is 0. The predicted molar refractivity (Wildman–Crippen MR) is 151 cm³/mol. The number of hydrogen-bond donors (Lipinski definition) is 1. The van der Waals surface area contributed by atoms with Crippen LogP contribution in [0.5, 0.6) is 0 Å². The average molecular weight is 809 g/mol. The van der Waals surface area contributed by atoms with Crippen molar-refractivity contribution >= 4 is 28.0 Å². The van der Waals surface area contributed by atoms with E-state index in [9.17, 15) is 52.7 Å². The lowest BCUT2D eigenvalue weighted by atomic mass is 9.12. The van der Waals surface area contributed by atoms with Crippen molar-refractivity contribution in [2.24, 2.45) is 5.92 Å². The van der Waals surface area contributed by atoms with Crippen LogP contribution in [0.2, 0.25) is 0 Å². The van der Waals surface area contributed by atoms with Crippen LogP contribution in [0.25, 0.3) is 0 Å². The molecule has 4 aromatic rings. The van der Waals surface area contributed by atoms with Gasteiger partial charge in [0.15, 0.2) is 69.8 Å². The molecule has 0 radical (unpaired) electrons. The zero-order valence-corrected chi connectivity index (χ0v) is 27.3. The summed E-state index contributed by atoms with van der Waals surface area (Å²) in [7, 11) is 0. The van der Waals surface area contributed by atoms with Gasteiger partial charge in [-0.15, -0.1) is 21.9 Å². The molecule has 0 aliphatic rings. The van der Waals surface area contributed by atoms with Crippen LogP contribution in [-0.4, -0.2) is 25.8 Å². The van der Waals surface area contributed by atoms with Gasteiger partial charge in [-0.25, -0.2) is 87.8 Å². The minimum absolute atomic E-state index is 0.847. The number of rotatable bonds is 8. The third-order valence-electron chi connectivity index (χ3n) is 8.40. The van der Waals surface area contributed by atoms with Crippen molar-refractivity contribution in [2.45, 2.75) is 27.7 Å². The lowest BCUT2D eigenvalue weighted by Crippen LogP contribution is -3.11. The molecule has 1 nitrogen and oxygen atoms in total. The van der Waals surface area contributed by atoms with Gasteiger partial charge in [-0.2, -0.15) is 0 Å². The summed E-state index contributed by atoms with van der Waals surface area (Å²) in [6, 6.07) is 0. The molecule has 0 heterocycles. The molecule has 0 saturated heterocycles. The first kappa shape index (κ1) is 43.9. The van der Waals surface area contributed by atoms with Crippen LogP contribution < -0.4 is 26.8 Å². The smallest absolute Gasteiger partial charge is 0.200 e. The molecule has 0 aromatic heterocycles. The van der Waals surface area contributed by atoms with Crippen LogP contribution in [-0.2, 0) is 0 Å². The summed E-state index contributed by atoms with van der Waals surface area (Å²) in [5.41, 5.74) is -14.3. The molecule has 0 fully saturated rings. The van der Waals surface area contributed by atoms with Gasteiger partial charge in [-0.05, 0) is 13.8 Å². The Morgan fingerprint density at radius 2 is 0.463 bits per heavy atom. The van der Waals surface area contributed by atoms with E-state index in [2.05, 4.69) is 27.7 Å². The molecule has 296 valence electrons. The SMILES string of the molecule is CC[NH+](CC)CC(C)C.Fc1c(F)c(F)c([B-](c2c(F)c(F)c(F)c(F)c2F)(c2c(F)c(F)c(F)c(F)c2F)c2c(F)c(F)c(F)c(F)c2F)c(F)c1F. The Morgan fingerprint density at radius 3 is 0.574 bits per heavy atom. The zero-order valence-electron chi connectivity index (χ0n) is 27.3. The zero-order chi connectivity index (χ0) is 41.6. The normalized spacial score (nSPS) is 11.9. The summed E-state index contributed by atoms with van der Waals surface area (Å²) in [6.45, 7) is 12.9. The lowest BCUT2D eigenvalue weighted by molar-refractivity contribution is -0.899. The van der Waals surface area contributed by atoms with Gasteiger partial charge in [0.1, 0.15) is 52.7 Å². The maximum absolute atomic E-state index is 15.4. The van der Waals surface area contributed by atoms with E-state index in [-0.39, 0.29) is 0 Å². The summed E-state index contributed by atoms with van der Waals surface area (Å²) in [6.07, 6.45) is -7.22. The second-order valence-corrected chi connectivity index (χ2v) is 11.9. The van der Waals surface area contributed by atoms with Gasteiger partial charge in [-0.3, -0.25) is 0 Å². The molecule has 54 heavy (non-hydrogen) atoms. The highest BCUT2D eigenvalue weighted by atomic mass is 19.2. The fourth-order valence-corrected chi connectivity index (χ4v) is 5.99. The minimum Gasteiger partial charge on any atom is -0.335 e. The van der Waals surface area contributed by atoms with Crippen LogP contribution in [0.1, 0.15) is 27.7 Å². The van der Waals surface area contributed by atoms with E-state index < -0.39 is 144 Å². The van der Waals surface area contributed by atoms with Crippen molar-refractivity contribution in [3.05, 3.63) is 116 Å². The van der Waals surface area contributed by atoms with E-state index in [4.69, 9.17) is 0 Å². The molecule has 0 bridgehead atoms. The number of nitrogens with one attached hydrogen (secondary N) is 1. The van der Waals surface area contributed by atoms with E-state index in [1.807, 2.05) is 0 Å². The first-order valence-corrected chi connectivity index (χ1v) is 15.0. The molecule has 0 aliphatic carbocycles. The largest absolute Gasteiger partial charge is 0.335 e. The Bertz CT molecular complexity index is 1730. The molecule has 4 rings (SSSR count). The molecule has 0 atom stereocenters. The van der Waals surface area contributed by atoms with Crippen molar-refractivity contribution in [3.63, 3.8) is 0 Å². The predicted octanol–water partition coefficient (Wildman–Crippen LogP) is 6.41. The maximum Gasteiger partial charge on any atom is 0.200 e. The lowest BCUT2D eigenvalue weighted by Gasteiger charge is -2.44. The number of benzene rings is 4. The summed E-state index contributed by atoms with van der Waals surface area (Å²) in [5.74, 6) is -70.6. The van der Waals surface area contributed by atoms with Gasteiger partial charge in [0.25, 0.3) is 0 Å². The Kier molecular flexibility index (Phi) is 13.1. The Balaban J connectivity index is 0.000000772. The highest BCUT2D eigenvalue weighted by Gasteiger charge is 2.52. The van der Waals surface area contributed by atoms with Gasteiger partial charge in [-0.1, -0.05) is 13.8 Å². The molecule has 0 unspecified atom stereocenters. The van der Waals surface area contributed by atoms with Gasteiger partial charge < -0.3 is 4.90 Å². The molecule has 0 amide bonds.